The molecule has 0 fully saturated rings. The van der Waals surface area contributed by atoms with Gasteiger partial charge < -0.3 is 19.9 Å². The molecular formula is C12H15NO5. The summed E-state index contributed by atoms with van der Waals surface area (Å²) in [4.78, 5) is 22.2. The van der Waals surface area contributed by atoms with Crippen molar-refractivity contribution in [3.05, 3.63) is 24.3 Å². The highest BCUT2D eigenvalue weighted by Crippen LogP contribution is 2.19. The Hall–Kier alpha value is -2.24. The Labute approximate surface area is 105 Å². The molecular weight excluding hydrogens is 238 g/mol. The van der Waals surface area contributed by atoms with Gasteiger partial charge in [-0.15, -0.1) is 0 Å². The molecule has 0 saturated carbocycles. The van der Waals surface area contributed by atoms with Gasteiger partial charge in [0, 0.05) is 0 Å². The normalized spacial score (nSPS) is 9.61. The molecule has 1 aromatic carbocycles. The Bertz CT molecular complexity index is 419. The largest absolute Gasteiger partial charge is 0.480 e. The molecule has 0 aliphatic heterocycles. The minimum atomic E-state index is -0.661. The van der Waals surface area contributed by atoms with E-state index in [4.69, 9.17) is 10.5 Å². The van der Waals surface area contributed by atoms with Crippen LogP contribution < -0.4 is 10.5 Å². The minimum Gasteiger partial charge on any atom is -0.480 e. The van der Waals surface area contributed by atoms with E-state index in [1.165, 1.54) is 0 Å². The monoisotopic (exact) mass is 253 g/mol. The number of para-hydroxylation sites is 2. The van der Waals surface area contributed by atoms with Crippen molar-refractivity contribution >= 4 is 17.6 Å². The minimum absolute atomic E-state index is 0.243. The molecule has 0 aromatic heterocycles. The van der Waals surface area contributed by atoms with Gasteiger partial charge >= 0.3 is 11.9 Å². The molecule has 1 aromatic rings. The van der Waals surface area contributed by atoms with Crippen molar-refractivity contribution in [1.82, 2.24) is 0 Å². The molecule has 1 rings (SSSR count). The fraction of sp³-hybridized carbons (Fsp3) is 0.333. The van der Waals surface area contributed by atoms with E-state index in [1.807, 2.05) is 0 Å². The molecule has 0 heterocycles. The Balaban J connectivity index is 2.29. The zero-order chi connectivity index (χ0) is 13.4. The average molecular weight is 253 g/mol. The van der Waals surface area contributed by atoms with Crippen molar-refractivity contribution in [3.63, 3.8) is 0 Å². The number of esters is 2. The second kappa shape index (κ2) is 7.16. The van der Waals surface area contributed by atoms with Crippen LogP contribution in [0.25, 0.3) is 0 Å². The molecule has 0 unspecified atom stereocenters. The van der Waals surface area contributed by atoms with Crippen molar-refractivity contribution in [3.8, 4) is 5.75 Å². The lowest BCUT2D eigenvalue weighted by atomic mass is 10.3. The van der Waals surface area contributed by atoms with Crippen molar-refractivity contribution in [2.24, 2.45) is 0 Å². The topological polar surface area (TPSA) is 87.8 Å². The number of benzene rings is 1. The van der Waals surface area contributed by atoms with Crippen LogP contribution in [-0.4, -0.2) is 31.8 Å². The van der Waals surface area contributed by atoms with Gasteiger partial charge in [-0.25, -0.2) is 9.59 Å². The highest BCUT2D eigenvalue weighted by molar-refractivity contribution is 5.77. The lowest BCUT2D eigenvalue weighted by Gasteiger charge is -2.08. The van der Waals surface area contributed by atoms with Gasteiger partial charge in [-0.3, -0.25) is 0 Å². The van der Waals surface area contributed by atoms with Crippen LogP contribution in [-0.2, 0) is 19.1 Å². The molecule has 0 aliphatic rings. The molecule has 0 saturated heterocycles. The molecule has 2 N–H and O–H groups in total. The summed E-state index contributed by atoms with van der Waals surface area (Å²) in [5.74, 6) is -0.859. The first-order valence-electron chi connectivity index (χ1n) is 5.42. The molecule has 6 heteroatoms. The number of hydrogen-bond donors (Lipinski definition) is 1. The molecule has 0 bridgehead atoms. The summed E-state index contributed by atoms with van der Waals surface area (Å²) in [5, 5.41) is 0. The number of anilines is 1. The summed E-state index contributed by atoms with van der Waals surface area (Å²) < 4.78 is 14.4. The predicted octanol–water partition coefficient (Wildman–Crippen LogP) is 0.754. The van der Waals surface area contributed by atoms with Gasteiger partial charge in [-0.1, -0.05) is 12.1 Å². The van der Waals surface area contributed by atoms with Crippen LogP contribution in [0, 0.1) is 0 Å². The number of nitrogens with two attached hydrogens (primary N) is 1. The summed E-state index contributed by atoms with van der Waals surface area (Å²) in [6, 6.07) is 6.77. The Morgan fingerprint density at radius 3 is 2.44 bits per heavy atom. The van der Waals surface area contributed by atoms with Crippen LogP contribution in [0.1, 0.15) is 6.92 Å². The van der Waals surface area contributed by atoms with Crippen LogP contribution in [0.5, 0.6) is 5.75 Å². The van der Waals surface area contributed by atoms with E-state index in [1.54, 1.807) is 31.2 Å². The number of carbonyl (C=O) groups excluding carboxylic acids is 2. The van der Waals surface area contributed by atoms with E-state index in [2.05, 4.69) is 9.47 Å². The van der Waals surface area contributed by atoms with Gasteiger partial charge in [0.1, 0.15) is 5.75 Å². The van der Waals surface area contributed by atoms with Crippen LogP contribution in [0.15, 0.2) is 24.3 Å². The van der Waals surface area contributed by atoms with Crippen LogP contribution >= 0.6 is 0 Å². The van der Waals surface area contributed by atoms with Crippen molar-refractivity contribution in [2.45, 2.75) is 6.92 Å². The smallest absolute Gasteiger partial charge is 0.344 e. The van der Waals surface area contributed by atoms with E-state index < -0.39 is 18.5 Å². The second-order valence-corrected chi connectivity index (χ2v) is 3.29. The SMILES string of the molecule is CCOC(=O)COC(=O)COc1ccccc1N. The van der Waals surface area contributed by atoms with E-state index in [-0.39, 0.29) is 13.2 Å². The molecule has 18 heavy (non-hydrogen) atoms. The van der Waals surface area contributed by atoms with Crippen molar-refractivity contribution in [2.75, 3.05) is 25.6 Å². The highest BCUT2D eigenvalue weighted by Gasteiger charge is 2.09. The number of rotatable bonds is 6. The Kier molecular flexibility index (Phi) is 5.50. The summed E-state index contributed by atoms with van der Waals surface area (Å²) >= 11 is 0. The summed E-state index contributed by atoms with van der Waals surface area (Å²) in [7, 11) is 0. The lowest BCUT2D eigenvalue weighted by Crippen LogP contribution is -2.20. The molecule has 6 nitrogen and oxygen atoms in total. The first kappa shape index (κ1) is 13.8. The number of carbonyl (C=O) groups is 2. The van der Waals surface area contributed by atoms with Crippen LogP contribution in [0.2, 0.25) is 0 Å². The molecule has 98 valence electrons. The van der Waals surface area contributed by atoms with Gasteiger partial charge in [0.15, 0.2) is 13.2 Å². The standard InChI is InChI=1S/C12H15NO5/c1-2-16-11(14)8-18-12(15)7-17-10-6-4-3-5-9(10)13/h3-6H,2,7-8,13H2,1H3. The lowest BCUT2D eigenvalue weighted by molar-refractivity contribution is -0.159. The molecule has 0 spiro atoms. The van der Waals surface area contributed by atoms with E-state index >= 15 is 0 Å². The third-order valence-electron chi connectivity index (χ3n) is 1.92. The van der Waals surface area contributed by atoms with Gasteiger partial charge in [-0.2, -0.15) is 0 Å². The predicted molar refractivity (Wildman–Crippen MR) is 63.9 cm³/mol. The molecule has 0 radical (unpaired) electrons. The van der Waals surface area contributed by atoms with Gasteiger partial charge in [0.2, 0.25) is 0 Å². The summed E-state index contributed by atoms with van der Waals surface area (Å²) in [6.45, 7) is 1.18. The van der Waals surface area contributed by atoms with Crippen molar-refractivity contribution in [1.29, 1.82) is 0 Å². The maximum atomic E-state index is 11.2. The van der Waals surface area contributed by atoms with Crippen molar-refractivity contribution < 1.29 is 23.8 Å². The molecule has 0 amide bonds. The Morgan fingerprint density at radius 2 is 1.78 bits per heavy atom. The molecule has 0 aliphatic carbocycles. The van der Waals surface area contributed by atoms with Crippen LogP contribution in [0.4, 0.5) is 5.69 Å². The first-order valence-corrected chi connectivity index (χ1v) is 5.42. The van der Waals surface area contributed by atoms with Crippen LogP contribution in [0.3, 0.4) is 0 Å². The Morgan fingerprint density at radius 1 is 1.11 bits per heavy atom. The maximum absolute atomic E-state index is 11.2. The number of ether oxygens (including phenoxy) is 3. The van der Waals surface area contributed by atoms with E-state index in [0.717, 1.165) is 0 Å². The zero-order valence-corrected chi connectivity index (χ0v) is 10.0. The third-order valence-corrected chi connectivity index (χ3v) is 1.92. The fourth-order valence-electron chi connectivity index (χ4n) is 1.13. The summed E-state index contributed by atoms with van der Waals surface area (Å²) in [6.07, 6.45) is 0. The van der Waals surface area contributed by atoms with Gasteiger partial charge in [0.05, 0.1) is 12.3 Å². The molecule has 0 atom stereocenters. The number of hydrogen-bond acceptors (Lipinski definition) is 6. The fourth-order valence-corrected chi connectivity index (χ4v) is 1.13. The zero-order valence-electron chi connectivity index (χ0n) is 10.0. The quantitative estimate of drug-likeness (QED) is 0.594. The van der Waals surface area contributed by atoms with E-state index in [0.29, 0.717) is 11.4 Å². The maximum Gasteiger partial charge on any atom is 0.344 e. The van der Waals surface area contributed by atoms with Gasteiger partial charge in [-0.05, 0) is 19.1 Å². The first-order chi connectivity index (χ1) is 8.63. The second-order valence-electron chi connectivity index (χ2n) is 3.29. The van der Waals surface area contributed by atoms with E-state index in [9.17, 15) is 9.59 Å². The summed E-state index contributed by atoms with van der Waals surface area (Å²) in [5.41, 5.74) is 6.04. The highest BCUT2D eigenvalue weighted by atomic mass is 16.6. The van der Waals surface area contributed by atoms with Gasteiger partial charge in [0.25, 0.3) is 0 Å². The number of nitrogen functional groups attached to an aromatic ring is 1. The third kappa shape index (κ3) is 4.73. The average Bonchev–Trinajstić information content (AvgIpc) is 2.36.